The van der Waals surface area contributed by atoms with Crippen LogP contribution in [-0.4, -0.2) is 18.8 Å². The Morgan fingerprint density at radius 3 is 2.69 bits per heavy atom. The number of benzene rings is 1. The van der Waals surface area contributed by atoms with Gasteiger partial charge in [0.1, 0.15) is 0 Å². The molecule has 3 N–H and O–H groups in total. The largest absolute Gasteiger partial charge is 0.513 e. The number of hydrogen-bond acceptors (Lipinski definition) is 4. The Balaban J connectivity index is 2.78. The van der Waals surface area contributed by atoms with Gasteiger partial charge in [-0.25, -0.2) is 9.59 Å². The molecule has 0 aromatic heterocycles. The summed E-state index contributed by atoms with van der Waals surface area (Å²) in [5.41, 5.74) is 5.27. The van der Waals surface area contributed by atoms with Crippen LogP contribution in [0, 0.1) is 0 Å². The molecule has 0 heterocycles. The first-order valence-electron chi connectivity index (χ1n) is 4.63. The zero-order chi connectivity index (χ0) is 12.0. The minimum atomic E-state index is -0.832. The van der Waals surface area contributed by atoms with Gasteiger partial charge < -0.3 is 20.5 Å². The van der Waals surface area contributed by atoms with Gasteiger partial charge in [-0.3, -0.25) is 0 Å². The third-order valence-corrected chi connectivity index (χ3v) is 1.60. The maximum absolute atomic E-state index is 11.1. The van der Waals surface area contributed by atoms with Crippen molar-refractivity contribution in [2.45, 2.75) is 6.92 Å². The summed E-state index contributed by atoms with van der Waals surface area (Å²) in [5.74, 6) is 0.180. The van der Waals surface area contributed by atoms with Crippen LogP contribution < -0.4 is 15.8 Å². The van der Waals surface area contributed by atoms with Crippen LogP contribution in [0.5, 0.6) is 5.75 Å². The Bertz CT molecular complexity index is 392. The Kier molecular flexibility index (Phi) is 4.14. The van der Waals surface area contributed by atoms with Gasteiger partial charge in [0.15, 0.2) is 5.75 Å². The highest BCUT2D eigenvalue weighted by atomic mass is 16.7. The number of carbonyl (C=O) groups excluding carboxylic acids is 2. The highest BCUT2D eigenvalue weighted by Crippen LogP contribution is 2.23. The Morgan fingerprint density at radius 2 is 2.06 bits per heavy atom. The molecule has 86 valence electrons. The molecule has 6 heteroatoms. The lowest BCUT2D eigenvalue weighted by atomic mass is 10.3. The van der Waals surface area contributed by atoms with Crippen LogP contribution in [0.3, 0.4) is 0 Å². The molecule has 0 aliphatic rings. The van der Waals surface area contributed by atoms with Gasteiger partial charge in [0.05, 0.1) is 12.3 Å². The summed E-state index contributed by atoms with van der Waals surface area (Å²) < 4.78 is 9.46. The van der Waals surface area contributed by atoms with Crippen molar-refractivity contribution in [3.63, 3.8) is 0 Å². The summed E-state index contributed by atoms with van der Waals surface area (Å²) in [5, 5.41) is 2.33. The van der Waals surface area contributed by atoms with Crippen molar-refractivity contribution >= 4 is 17.9 Å². The Morgan fingerprint density at radius 1 is 1.38 bits per heavy atom. The molecule has 0 unspecified atom stereocenters. The lowest BCUT2D eigenvalue weighted by Crippen LogP contribution is -2.20. The average molecular weight is 224 g/mol. The van der Waals surface area contributed by atoms with Gasteiger partial charge >= 0.3 is 12.2 Å². The topological polar surface area (TPSA) is 90.7 Å². The normalized spacial score (nSPS) is 9.31. The summed E-state index contributed by atoms with van der Waals surface area (Å²) in [4.78, 5) is 21.7. The summed E-state index contributed by atoms with van der Waals surface area (Å²) in [6, 6.07) is 5.66. The number of urea groups is 1. The molecule has 0 spiro atoms. The molecule has 6 nitrogen and oxygen atoms in total. The average Bonchev–Trinajstić information content (AvgIpc) is 2.20. The number of nitrogens with one attached hydrogen (secondary N) is 1. The quantitative estimate of drug-likeness (QED) is 0.604. The Labute approximate surface area is 92.3 Å². The van der Waals surface area contributed by atoms with E-state index in [1.165, 1.54) is 6.07 Å². The molecule has 0 saturated carbocycles. The number of amides is 2. The zero-order valence-corrected chi connectivity index (χ0v) is 8.73. The molecule has 1 aromatic rings. The molecule has 16 heavy (non-hydrogen) atoms. The van der Waals surface area contributed by atoms with E-state index in [0.717, 1.165) is 0 Å². The summed E-state index contributed by atoms with van der Waals surface area (Å²) in [6.07, 6.45) is -0.832. The molecule has 0 radical (unpaired) electrons. The van der Waals surface area contributed by atoms with Crippen molar-refractivity contribution in [1.82, 2.24) is 0 Å². The van der Waals surface area contributed by atoms with Crippen molar-refractivity contribution in [1.29, 1.82) is 0 Å². The van der Waals surface area contributed by atoms with Crippen molar-refractivity contribution in [3.05, 3.63) is 24.3 Å². The molecule has 0 bridgehead atoms. The lowest BCUT2D eigenvalue weighted by Gasteiger charge is -2.09. The number of ether oxygens (including phenoxy) is 2. The van der Waals surface area contributed by atoms with Crippen molar-refractivity contribution in [2.24, 2.45) is 5.73 Å². The second kappa shape index (κ2) is 5.59. The lowest BCUT2D eigenvalue weighted by molar-refractivity contribution is 0.104. The van der Waals surface area contributed by atoms with Gasteiger partial charge in [0, 0.05) is 0 Å². The molecule has 0 aliphatic carbocycles. The van der Waals surface area contributed by atoms with E-state index in [0.29, 0.717) is 5.69 Å². The number of anilines is 1. The molecule has 1 aromatic carbocycles. The number of rotatable bonds is 3. The van der Waals surface area contributed by atoms with E-state index in [4.69, 9.17) is 10.5 Å². The zero-order valence-electron chi connectivity index (χ0n) is 8.73. The van der Waals surface area contributed by atoms with E-state index >= 15 is 0 Å². The molecule has 0 saturated heterocycles. The van der Waals surface area contributed by atoms with Crippen LogP contribution in [0.15, 0.2) is 24.3 Å². The number of carbonyl (C=O) groups is 2. The third-order valence-electron chi connectivity index (χ3n) is 1.60. The van der Waals surface area contributed by atoms with Gasteiger partial charge in [0.25, 0.3) is 0 Å². The fraction of sp³-hybridized carbons (Fsp3) is 0.200. The monoisotopic (exact) mass is 224 g/mol. The summed E-state index contributed by atoms with van der Waals surface area (Å²) in [6.45, 7) is 1.87. The molecular formula is C10H12N2O4. The fourth-order valence-corrected chi connectivity index (χ4v) is 1.03. The third kappa shape index (κ3) is 3.49. The van der Waals surface area contributed by atoms with Crippen LogP contribution in [-0.2, 0) is 4.74 Å². The molecular weight excluding hydrogens is 212 g/mol. The van der Waals surface area contributed by atoms with Crippen molar-refractivity contribution in [2.75, 3.05) is 11.9 Å². The maximum Gasteiger partial charge on any atom is 0.513 e. The SMILES string of the molecule is CCOC(=O)Oc1ccccc1NC(N)=O. The highest BCUT2D eigenvalue weighted by molar-refractivity contribution is 5.90. The smallest absolute Gasteiger partial charge is 0.434 e. The van der Waals surface area contributed by atoms with E-state index in [9.17, 15) is 9.59 Å². The first-order valence-corrected chi connectivity index (χ1v) is 4.63. The first-order chi connectivity index (χ1) is 7.63. The second-order valence-electron chi connectivity index (χ2n) is 2.77. The number of hydrogen-bond donors (Lipinski definition) is 2. The van der Waals surface area contributed by atoms with E-state index < -0.39 is 12.2 Å². The van der Waals surface area contributed by atoms with Crippen molar-refractivity contribution < 1.29 is 19.1 Å². The van der Waals surface area contributed by atoms with E-state index in [2.05, 4.69) is 10.1 Å². The highest BCUT2D eigenvalue weighted by Gasteiger charge is 2.10. The second-order valence-corrected chi connectivity index (χ2v) is 2.77. The van der Waals surface area contributed by atoms with Crippen LogP contribution in [0.4, 0.5) is 15.3 Å². The standard InChI is InChI=1S/C10H12N2O4/c1-2-15-10(14)16-8-6-4-3-5-7(8)12-9(11)13/h3-6H,2H2,1H3,(H3,11,12,13). The fourth-order valence-electron chi connectivity index (χ4n) is 1.03. The molecule has 2 amide bonds. The Hall–Kier alpha value is -2.24. The van der Waals surface area contributed by atoms with Gasteiger partial charge in [-0.15, -0.1) is 0 Å². The predicted molar refractivity (Wildman–Crippen MR) is 57.3 cm³/mol. The minimum Gasteiger partial charge on any atom is -0.434 e. The van der Waals surface area contributed by atoms with Gasteiger partial charge in [0.2, 0.25) is 0 Å². The minimum absolute atomic E-state index is 0.180. The molecule has 1 rings (SSSR count). The van der Waals surface area contributed by atoms with Crippen LogP contribution in [0.2, 0.25) is 0 Å². The van der Waals surface area contributed by atoms with Crippen LogP contribution in [0.1, 0.15) is 6.92 Å². The van der Waals surface area contributed by atoms with Gasteiger partial charge in [-0.05, 0) is 19.1 Å². The summed E-state index contributed by atoms with van der Waals surface area (Å²) >= 11 is 0. The first kappa shape index (κ1) is 11.8. The number of primary amides is 1. The van der Waals surface area contributed by atoms with Crippen LogP contribution >= 0.6 is 0 Å². The van der Waals surface area contributed by atoms with Crippen molar-refractivity contribution in [3.8, 4) is 5.75 Å². The number of nitrogens with two attached hydrogens (primary N) is 1. The van der Waals surface area contributed by atoms with Crippen LogP contribution in [0.25, 0.3) is 0 Å². The van der Waals surface area contributed by atoms with E-state index in [-0.39, 0.29) is 12.4 Å². The molecule has 0 atom stereocenters. The maximum atomic E-state index is 11.1. The predicted octanol–water partition coefficient (Wildman–Crippen LogP) is 1.71. The van der Waals surface area contributed by atoms with Gasteiger partial charge in [-0.1, -0.05) is 12.1 Å². The van der Waals surface area contributed by atoms with E-state index in [1.807, 2.05) is 0 Å². The molecule has 0 aliphatic heterocycles. The molecule has 0 fully saturated rings. The number of para-hydroxylation sites is 2. The van der Waals surface area contributed by atoms with E-state index in [1.54, 1.807) is 25.1 Å². The van der Waals surface area contributed by atoms with Gasteiger partial charge in [-0.2, -0.15) is 0 Å². The summed E-state index contributed by atoms with van der Waals surface area (Å²) in [7, 11) is 0.